The number of sulfonamides is 1. The number of hydrogen-bond donors (Lipinski definition) is 1. The molecule has 25 heavy (non-hydrogen) atoms. The summed E-state index contributed by atoms with van der Waals surface area (Å²) in [6.45, 7) is 1.36. The van der Waals surface area contributed by atoms with Gasteiger partial charge in [0.1, 0.15) is 17.4 Å². The van der Waals surface area contributed by atoms with Crippen molar-refractivity contribution in [3.63, 3.8) is 0 Å². The maximum absolute atomic E-state index is 14.1. The van der Waals surface area contributed by atoms with Crippen LogP contribution in [0.25, 0.3) is 0 Å². The van der Waals surface area contributed by atoms with Gasteiger partial charge in [-0.2, -0.15) is 0 Å². The Hall–Kier alpha value is -1.54. The summed E-state index contributed by atoms with van der Waals surface area (Å²) in [5.74, 6) is -4.49. The van der Waals surface area contributed by atoms with Crippen molar-refractivity contribution in [2.45, 2.75) is 31.4 Å². The smallest absolute Gasteiger partial charge is 0.229 e. The number of alkyl halides is 1. The molecule has 0 radical (unpaired) electrons. The van der Waals surface area contributed by atoms with Crippen molar-refractivity contribution < 1.29 is 26.8 Å². The average Bonchev–Trinajstić information content (AvgIpc) is 2.87. The molecule has 0 amide bonds. The molecule has 3 rings (SSSR count). The Kier molecular flexibility index (Phi) is 4.19. The number of hydrogen-bond acceptors (Lipinski definition) is 4. The van der Waals surface area contributed by atoms with E-state index in [4.69, 9.17) is 11.6 Å². The van der Waals surface area contributed by atoms with Crippen LogP contribution in [-0.2, 0) is 19.6 Å². The largest absolute Gasteiger partial charge is 0.298 e. The third kappa shape index (κ3) is 3.29. The van der Waals surface area contributed by atoms with E-state index in [0.717, 1.165) is 18.4 Å². The van der Waals surface area contributed by atoms with E-state index in [1.807, 2.05) is 4.72 Å². The molecule has 0 bridgehead atoms. The lowest BCUT2D eigenvalue weighted by atomic mass is 9.90. The van der Waals surface area contributed by atoms with Crippen LogP contribution in [0.15, 0.2) is 12.1 Å². The summed E-state index contributed by atoms with van der Waals surface area (Å²) in [5.41, 5.74) is -1.92. The van der Waals surface area contributed by atoms with Crippen molar-refractivity contribution in [2.75, 3.05) is 11.0 Å². The number of ketones is 2. The predicted molar refractivity (Wildman–Crippen MR) is 88.4 cm³/mol. The highest BCUT2D eigenvalue weighted by atomic mass is 35.5. The first-order chi connectivity index (χ1) is 11.4. The van der Waals surface area contributed by atoms with E-state index in [1.54, 1.807) is 0 Å². The summed E-state index contributed by atoms with van der Waals surface area (Å²) < 4.78 is 52.8. The number of benzene rings is 1. The molecule has 0 aromatic heterocycles. The minimum absolute atomic E-state index is 0.0357. The van der Waals surface area contributed by atoms with Gasteiger partial charge >= 0.3 is 0 Å². The number of fused-ring (bicyclic) bond motifs is 1. The number of rotatable bonds is 3. The van der Waals surface area contributed by atoms with Gasteiger partial charge in [-0.15, -0.1) is 0 Å². The van der Waals surface area contributed by atoms with Crippen molar-refractivity contribution in [3.05, 3.63) is 28.5 Å². The van der Waals surface area contributed by atoms with E-state index < -0.39 is 56.5 Å². The minimum atomic E-state index is -3.76. The normalized spacial score (nSPS) is 32.1. The molecule has 2 saturated carbocycles. The van der Waals surface area contributed by atoms with Gasteiger partial charge in [0.05, 0.1) is 11.9 Å². The van der Waals surface area contributed by atoms with Crippen LogP contribution in [0.1, 0.15) is 31.2 Å². The zero-order valence-electron chi connectivity index (χ0n) is 13.5. The van der Waals surface area contributed by atoms with E-state index in [1.165, 1.54) is 6.92 Å². The molecule has 2 aliphatic carbocycles. The lowest BCUT2D eigenvalue weighted by molar-refractivity contribution is -0.126. The van der Waals surface area contributed by atoms with Gasteiger partial charge in [0.25, 0.3) is 0 Å². The molecule has 2 fully saturated rings. The van der Waals surface area contributed by atoms with Gasteiger partial charge in [-0.25, -0.2) is 17.2 Å². The first kappa shape index (κ1) is 18.3. The molecule has 0 aliphatic heterocycles. The molecule has 1 aromatic rings. The molecule has 1 aromatic carbocycles. The summed E-state index contributed by atoms with van der Waals surface area (Å²) in [6.07, 6.45) is 0.775. The second kappa shape index (κ2) is 5.74. The number of anilines is 1. The summed E-state index contributed by atoms with van der Waals surface area (Å²) in [4.78, 5) is 25.3. The van der Waals surface area contributed by atoms with Crippen molar-refractivity contribution >= 4 is 38.9 Å². The zero-order chi connectivity index (χ0) is 18.7. The number of carbonyl (C=O) groups is 2. The van der Waals surface area contributed by atoms with Crippen LogP contribution < -0.4 is 4.72 Å². The van der Waals surface area contributed by atoms with Crippen LogP contribution in [-0.4, -0.2) is 31.9 Å². The Morgan fingerprint density at radius 3 is 2.20 bits per heavy atom. The van der Waals surface area contributed by atoms with Crippen LogP contribution in [0.3, 0.4) is 0 Å². The third-order valence-electron chi connectivity index (χ3n) is 4.77. The van der Waals surface area contributed by atoms with Crippen molar-refractivity contribution in [1.82, 2.24) is 0 Å². The first-order valence-corrected chi connectivity index (χ1v) is 9.90. The minimum Gasteiger partial charge on any atom is -0.298 e. The Morgan fingerprint density at radius 1 is 1.20 bits per heavy atom. The summed E-state index contributed by atoms with van der Waals surface area (Å²) in [6, 6.07) is 1.92. The second-order valence-corrected chi connectivity index (χ2v) is 9.16. The topological polar surface area (TPSA) is 80.3 Å². The van der Waals surface area contributed by atoms with Gasteiger partial charge in [-0.3, -0.25) is 14.3 Å². The highest BCUT2D eigenvalue weighted by Gasteiger charge is 2.58. The van der Waals surface area contributed by atoms with Crippen molar-refractivity contribution in [2.24, 2.45) is 11.8 Å². The van der Waals surface area contributed by atoms with Gasteiger partial charge in [-0.05, 0) is 37.5 Å². The van der Waals surface area contributed by atoms with Crippen LogP contribution in [0.5, 0.6) is 0 Å². The number of carbonyl (C=O) groups excluding carboxylic acids is 2. The van der Waals surface area contributed by atoms with Crippen LogP contribution in [0.4, 0.5) is 14.5 Å². The van der Waals surface area contributed by atoms with Gasteiger partial charge in [-0.1, -0.05) is 11.6 Å². The van der Waals surface area contributed by atoms with E-state index in [9.17, 15) is 26.8 Å². The zero-order valence-corrected chi connectivity index (χ0v) is 15.0. The maximum atomic E-state index is 14.1. The van der Waals surface area contributed by atoms with Crippen LogP contribution >= 0.6 is 11.6 Å². The molecule has 5 nitrogen and oxygen atoms in total. The second-order valence-electron chi connectivity index (χ2n) is 7.00. The molecule has 2 unspecified atom stereocenters. The Morgan fingerprint density at radius 2 is 1.72 bits per heavy atom. The predicted octanol–water partition coefficient (Wildman–Crippen LogP) is 2.84. The van der Waals surface area contributed by atoms with E-state index in [-0.39, 0.29) is 23.4 Å². The third-order valence-corrected chi connectivity index (χ3v) is 5.69. The summed E-state index contributed by atoms with van der Waals surface area (Å²) in [5, 5.41) is -0.147. The van der Waals surface area contributed by atoms with E-state index >= 15 is 0 Å². The Balaban J connectivity index is 2.02. The Labute approximate surface area is 148 Å². The monoisotopic (exact) mass is 391 g/mol. The fourth-order valence-electron chi connectivity index (χ4n) is 3.82. The summed E-state index contributed by atoms with van der Waals surface area (Å²) in [7, 11) is -3.76. The summed E-state index contributed by atoms with van der Waals surface area (Å²) >= 11 is 6.00. The van der Waals surface area contributed by atoms with Gasteiger partial charge in [0.15, 0.2) is 11.6 Å². The van der Waals surface area contributed by atoms with E-state index in [2.05, 4.69) is 0 Å². The molecule has 2 atom stereocenters. The molecule has 136 valence electrons. The molecule has 0 saturated heterocycles. The molecule has 9 heteroatoms. The van der Waals surface area contributed by atoms with Crippen molar-refractivity contribution in [3.8, 4) is 0 Å². The highest BCUT2D eigenvalue weighted by Crippen LogP contribution is 2.52. The first-order valence-electron chi connectivity index (χ1n) is 7.63. The number of halogens is 3. The van der Waals surface area contributed by atoms with Gasteiger partial charge < -0.3 is 0 Å². The van der Waals surface area contributed by atoms with Gasteiger partial charge in [0, 0.05) is 16.9 Å². The molecule has 0 spiro atoms. The van der Waals surface area contributed by atoms with Crippen molar-refractivity contribution in [1.29, 1.82) is 0 Å². The fourth-order valence-corrected chi connectivity index (χ4v) is 4.64. The van der Waals surface area contributed by atoms with Gasteiger partial charge in [0.2, 0.25) is 10.0 Å². The molecular weight excluding hydrogens is 376 g/mol. The molecular formula is C16H16ClF2NO4S. The highest BCUT2D eigenvalue weighted by molar-refractivity contribution is 7.92. The lowest BCUT2D eigenvalue weighted by Gasteiger charge is -2.17. The standard InChI is InChI=1S/C16H16ClF2NO4S/c1-16(19)5-8-9(6-16)15(22)13(14(8)21)7-3-12(20-25(2,23)24)11(18)4-10(7)17/h3-4,8-9,13,20H,5-6H2,1-2H3. The lowest BCUT2D eigenvalue weighted by Crippen LogP contribution is -2.23. The van der Waals surface area contributed by atoms with Crippen LogP contribution in [0.2, 0.25) is 5.02 Å². The number of nitrogens with one attached hydrogen (secondary N) is 1. The van der Waals surface area contributed by atoms with E-state index in [0.29, 0.717) is 0 Å². The molecule has 0 heterocycles. The average molecular weight is 392 g/mol. The Bertz CT molecular complexity index is 858. The SMILES string of the molecule is CC1(F)CC2C(=O)C(c3cc(NS(C)(=O)=O)c(F)cc3Cl)C(=O)C2C1. The fraction of sp³-hybridized carbons (Fsp3) is 0.500. The molecule has 1 N–H and O–H groups in total. The quantitative estimate of drug-likeness (QED) is 0.803. The number of Topliss-reactive ketones (excluding diaryl/α,β-unsaturated/α-hetero) is 2. The molecule has 2 aliphatic rings. The van der Waals surface area contributed by atoms with Crippen LogP contribution in [0, 0.1) is 17.7 Å². The maximum Gasteiger partial charge on any atom is 0.229 e.